The highest BCUT2D eigenvalue weighted by molar-refractivity contribution is 9.10. The molecule has 0 saturated heterocycles. The van der Waals surface area contributed by atoms with Crippen molar-refractivity contribution in [2.45, 2.75) is 20.3 Å². The van der Waals surface area contributed by atoms with Crippen LogP contribution < -0.4 is 21.3 Å². The monoisotopic (exact) mass is 562 g/mol. The van der Waals surface area contributed by atoms with Gasteiger partial charge in [0.1, 0.15) is 17.2 Å². The van der Waals surface area contributed by atoms with Gasteiger partial charge in [0.25, 0.3) is 11.5 Å². The lowest BCUT2D eigenvalue weighted by molar-refractivity contribution is 0.0688. The zero-order valence-electron chi connectivity index (χ0n) is 20.1. The third-order valence-corrected chi connectivity index (χ3v) is 5.69. The van der Waals surface area contributed by atoms with Crippen molar-refractivity contribution in [3.8, 4) is 22.9 Å². The highest BCUT2D eigenvalue weighted by Gasteiger charge is 2.17. The molecule has 1 heterocycles. The number of aromatic hydroxyl groups is 1. The van der Waals surface area contributed by atoms with Crippen LogP contribution in [-0.2, 0) is 9.47 Å². The Balaban J connectivity index is 1.79. The van der Waals surface area contributed by atoms with Crippen LogP contribution in [0, 0.1) is 13.8 Å². The summed E-state index contributed by atoms with van der Waals surface area (Å²) in [4.78, 5) is 39.4. The molecule has 0 aliphatic heterocycles. The number of carbonyl (C=O) groups is 1. The molecule has 0 unspecified atom stereocenters. The molecule has 0 bridgehead atoms. The van der Waals surface area contributed by atoms with Gasteiger partial charge in [-0.05, 0) is 77.7 Å². The Hall–Kier alpha value is -3.48. The first kappa shape index (κ1) is 27.1. The fourth-order valence-electron chi connectivity index (χ4n) is 3.31. The van der Waals surface area contributed by atoms with E-state index < -0.39 is 22.9 Å². The summed E-state index contributed by atoms with van der Waals surface area (Å²) in [5.41, 5.74) is -0.359. The number of carbonyl (C=O) groups excluding carboxylic acids is 1. The van der Waals surface area contributed by atoms with E-state index in [9.17, 15) is 19.5 Å². The van der Waals surface area contributed by atoms with Crippen molar-refractivity contribution in [1.29, 1.82) is 0 Å². The second kappa shape index (κ2) is 12.5. The first-order chi connectivity index (χ1) is 17.2. The largest absolute Gasteiger partial charge is 0.507 e. The maximum Gasteiger partial charge on any atom is 0.349 e. The number of methoxy groups -OCH3 is 1. The SMILES string of the molecule is COCCOCCCNC(=O)c1nn(-c2cc(C)c(Oc3ccc(O)c(Br)c3)c(C)c2)c(=O)[nH]c1=O. The van der Waals surface area contributed by atoms with Crippen molar-refractivity contribution < 1.29 is 24.1 Å². The normalized spacial score (nSPS) is 10.9. The first-order valence-corrected chi connectivity index (χ1v) is 11.9. The second-order valence-corrected chi connectivity index (χ2v) is 8.71. The number of aromatic nitrogens is 3. The van der Waals surface area contributed by atoms with Gasteiger partial charge in [0.05, 0.1) is 23.4 Å². The van der Waals surface area contributed by atoms with Crippen LogP contribution in [-0.4, -0.2) is 59.3 Å². The number of nitrogens with zero attached hydrogens (tertiary/aromatic N) is 2. The highest BCUT2D eigenvalue weighted by atomic mass is 79.9. The number of halogens is 1. The number of rotatable bonds is 11. The summed E-state index contributed by atoms with van der Waals surface area (Å²) in [6.45, 7) is 5.20. The van der Waals surface area contributed by atoms with Crippen molar-refractivity contribution in [2.24, 2.45) is 0 Å². The van der Waals surface area contributed by atoms with Gasteiger partial charge in [0.15, 0.2) is 0 Å². The first-order valence-electron chi connectivity index (χ1n) is 11.1. The summed E-state index contributed by atoms with van der Waals surface area (Å²) < 4.78 is 17.6. The number of aromatic amines is 1. The molecule has 3 rings (SSSR count). The Morgan fingerprint density at radius 1 is 1.14 bits per heavy atom. The van der Waals surface area contributed by atoms with Gasteiger partial charge in [0, 0.05) is 20.3 Å². The van der Waals surface area contributed by atoms with E-state index in [2.05, 4.69) is 31.3 Å². The summed E-state index contributed by atoms with van der Waals surface area (Å²) in [5, 5.41) is 16.3. The lowest BCUT2D eigenvalue weighted by atomic mass is 10.1. The number of nitrogens with one attached hydrogen (secondary N) is 2. The van der Waals surface area contributed by atoms with Crippen LogP contribution in [0.25, 0.3) is 5.69 Å². The van der Waals surface area contributed by atoms with Crippen LogP contribution in [0.1, 0.15) is 28.0 Å². The number of aryl methyl sites for hydroxylation is 2. The van der Waals surface area contributed by atoms with E-state index in [1.165, 1.54) is 6.07 Å². The molecule has 11 nitrogen and oxygen atoms in total. The van der Waals surface area contributed by atoms with Crippen LogP contribution in [0.15, 0.2) is 44.4 Å². The molecule has 0 aliphatic carbocycles. The predicted octanol–water partition coefficient (Wildman–Crippen LogP) is 2.58. The molecule has 3 N–H and O–H groups in total. The number of benzene rings is 2. The summed E-state index contributed by atoms with van der Waals surface area (Å²) in [7, 11) is 1.58. The standard InChI is InChI=1S/C24H27BrN4O7/c1-14-11-16(12-15(2)21(14)36-17-5-6-19(30)18(25)13-17)29-24(33)27-23(32)20(28-29)22(31)26-7-4-8-35-10-9-34-3/h5-6,11-13,30H,4,7-10H2,1-3H3,(H,26,31)(H,27,32,33). The molecule has 0 atom stereocenters. The molecule has 1 aromatic heterocycles. The number of amides is 1. The topological polar surface area (TPSA) is 145 Å². The van der Waals surface area contributed by atoms with Gasteiger partial charge in [-0.1, -0.05) is 0 Å². The van der Waals surface area contributed by atoms with E-state index in [0.29, 0.717) is 59.0 Å². The van der Waals surface area contributed by atoms with Crippen molar-refractivity contribution in [3.05, 3.63) is 72.5 Å². The minimum Gasteiger partial charge on any atom is -0.507 e. The molecular weight excluding hydrogens is 536 g/mol. The molecule has 0 saturated carbocycles. The molecule has 2 aromatic carbocycles. The van der Waals surface area contributed by atoms with Crippen LogP contribution in [0.4, 0.5) is 0 Å². The molecule has 1 amide bonds. The Kier molecular flexibility index (Phi) is 9.39. The molecule has 36 heavy (non-hydrogen) atoms. The number of hydrogen-bond acceptors (Lipinski definition) is 8. The summed E-state index contributed by atoms with van der Waals surface area (Å²) in [5.74, 6) is 0.443. The number of H-pyrrole nitrogens is 1. The minimum atomic E-state index is -0.878. The fraction of sp³-hybridized carbons (Fsp3) is 0.333. The molecule has 0 radical (unpaired) electrons. The number of hydrogen-bond donors (Lipinski definition) is 3. The zero-order chi connectivity index (χ0) is 26.2. The van der Waals surface area contributed by atoms with Gasteiger partial charge >= 0.3 is 5.69 Å². The summed E-state index contributed by atoms with van der Waals surface area (Å²) >= 11 is 3.25. The average Bonchev–Trinajstić information content (AvgIpc) is 2.83. The van der Waals surface area contributed by atoms with Gasteiger partial charge < -0.3 is 24.6 Å². The molecule has 0 aliphatic rings. The predicted molar refractivity (Wildman–Crippen MR) is 135 cm³/mol. The fourth-order valence-corrected chi connectivity index (χ4v) is 3.67. The molecule has 192 valence electrons. The van der Waals surface area contributed by atoms with Crippen LogP contribution in [0.5, 0.6) is 17.2 Å². The average molecular weight is 563 g/mol. The Labute approximate surface area is 215 Å². The van der Waals surface area contributed by atoms with E-state index in [1.54, 1.807) is 45.2 Å². The molecule has 0 spiro atoms. The maximum atomic E-state index is 12.5. The number of phenolic OH excluding ortho intramolecular Hbond substituents is 1. The second-order valence-electron chi connectivity index (χ2n) is 7.86. The molecule has 3 aromatic rings. The lowest BCUT2D eigenvalue weighted by Gasteiger charge is -2.15. The van der Waals surface area contributed by atoms with E-state index in [0.717, 1.165) is 4.68 Å². The molecule has 12 heteroatoms. The van der Waals surface area contributed by atoms with E-state index in [4.69, 9.17) is 14.2 Å². The van der Waals surface area contributed by atoms with Crippen LogP contribution >= 0.6 is 15.9 Å². The lowest BCUT2D eigenvalue weighted by Crippen LogP contribution is -2.39. The smallest absolute Gasteiger partial charge is 0.349 e. The van der Waals surface area contributed by atoms with Gasteiger partial charge in [0.2, 0.25) is 5.69 Å². The van der Waals surface area contributed by atoms with Crippen molar-refractivity contribution in [3.63, 3.8) is 0 Å². The maximum absolute atomic E-state index is 12.5. The van der Waals surface area contributed by atoms with Crippen LogP contribution in [0.2, 0.25) is 0 Å². The van der Waals surface area contributed by atoms with Crippen molar-refractivity contribution in [2.75, 3.05) is 33.5 Å². The van der Waals surface area contributed by atoms with E-state index in [1.807, 2.05) is 0 Å². The van der Waals surface area contributed by atoms with E-state index in [-0.39, 0.29) is 12.3 Å². The number of phenols is 1. The van der Waals surface area contributed by atoms with Crippen molar-refractivity contribution in [1.82, 2.24) is 20.1 Å². The van der Waals surface area contributed by atoms with E-state index >= 15 is 0 Å². The quantitative estimate of drug-likeness (QED) is 0.302. The molecular formula is C24H27BrN4O7. The van der Waals surface area contributed by atoms with Gasteiger partial charge in [-0.2, -0.15) is 9.78 Å². The van der Waals surface area contributed by atoms with Crippen LogP contribution in [0.3, 0.4) is 0 Å². The van der Waals surface area contributed by atoms with Gasteiger partial charge in [-0.15, -0.1) is 0 Å². The third-order valence-electron chi connectivity index (χ3n) is 5.05. The van der Waals surface area contributed by atoms with Crippen molar-refractivity contribution >= 4 is 21.8 Å². The highest BCUT2D eigenvalue weighted by Crippen LogP contribution is 2.34. The third kappa shape index (κ3) is 6.80. The summed E-state index contributed by atoms with van der Waals surface area (Å²) in [6.07, 6.45) is 0.532. The minimum absolute atomic E-state index is 0.0879. The Morgan fingerprint density at radius 3 is 2.53 bits per heavy atom. The van der Waals surface area contributed by atoms with Gasteiger partial charge in [-0.25, -0.2) is 4.79 Å². The Bertz CT molecular complexity index is 1330. The molecule has 0 fully saturated rings. The Morgan fingerprint density at radius 2 is 1.86 bits per heavy atom. The number of ether oxygens (including phenoxy) is 3. The van der Waals surface area contributed by atoms with Gasteiger partial charge in [-0.3, -0.25) is 14.6 Å². The zero-order valence-corrected chi connectivity index (χ0v) is 21.7. The summed E-state index contributed by atoms with van der Waals surface area (Å²) in [6, 6.07) is 8.07.